The molecule has 1 rings (SSSR count). The zero-order chi connectivity index (χ0) is 14.5. The Bertz CT molecular complexity index is 371. The summed E-state index contributed by atoms with van der Waals surface area (Å²) in [5.74, 6) is 0.873. The van der Waals surface area contributed by atoms with Crippen molar-refractivity contribution in [2.24, 2.45) is 4.99 Å². The van der Waals surface area contributed by atoms with Crippen LogP contribution in [-0.2, 0) is 11.2 Å². The Morgan fingerprint density at radius 3 is 2.48 bits per heavy atom. The van der Waals surface area contributed by atoms with Gasteiger partial charge in [0.05, 0.1) is 0 Å². The van der Waals surface area contributed by atoms with Crippen LogP contribution in [0.4, 0.5) is 0 Å². The van der Waals surface area contributed by atoms with Crippen molar-refractivity contribution in [3.8, 4) is 0 Å². The van der Waals surface area contributed by atoms with Crippen molar-refractivity contribution < 1.29 is 4.74 Å². The van der Waals surface area contributed by atoms with Gasteiger partial charge in [0.2, 0.25) is 0 Å². The van der Waals surface area contributed by atoms with Crippen molar-refractivity contribution in [3.63, 3.8) is 0 Å². The van der Waals surface area contributed by atoms with E-state index in [0.717, 1.165) is 51.5 Å². The van der Waals surface area contributed by atoms with Crippen LogP contribution in [0.15, 0.2) is 35.3 Å². The van der Waals surface area contributed by atoms with E-state index < -0.39 is 0 Å². The normalized spacial score (nSPS) is 10.9. The van der Waals surface area contributed by atoms with Crippen molar-refractivity contribution in [1.29, 1.82) is 0 Å². The van der Waals surface area contributed by atoms with Crippen LogP contribution in [0.3, 0.4) is 0 Å². The van der Waals surface area contributed by atoms with Gasteiger partial charge in [0.1, 0.15) is 0 Å². The molecule has 1 aromatic carbocycles. The number of nitrogens with zero attached hydrogens (tertiary/aromatic N) is 1. The highest BCUT2D eigenvalue weighted by atomic mass is 127. The van der Waals surface area contributed by atoms with Crippen LogP contribution in [0.1, 0.15) is 25.3 Å². The second-order valence-corrected chi connectivity index (χ2v) is 4.57. The number of halogens is 1. The van der Waals surface area contributed by atoms with Crippen molar-refractivity contribution in [3.05, 3.63) is 35.9 Å². The van der Waals surface area contributed by atoms with Crippen LogP contribution >= 0.6 is 24.0 Å². The molecule has 0 saturated carbocycles. The third kappa shape index (κ3) is 10.5. The fourth-order valence-corrected chi connectivity index (χ4v) is 1.87. The zero-order valence-electron chi connectivity index (χ0n) is 13.1. The van der Waals surface area contributed by atoms with E-state index in [0.29, 0.717) is 0 Å². The third-order valence-corrected chi connectivity index (χ3v) is 2.98. The molecule has 0 bridgehead atoms. The number of unbranched alkanes of at least 4 members (excludes halogenated alkanes) is 1. The maximum Gasteiger partial charge on any atom is 0.190 e. The highest BCUT2D eigenvalue weighted by Gasteiger charge is 1.97. The first-order valence-electron chi connectivity index (χ1n) is 7.43. The lowest BCUT2D eigenvalue weighted by molar-refractivity contribution is 0.143. The number of aliphatic imine (C=N–C) groups is 1. The molecule has 0 amide bonds. The summed E-state index contributed by atoms with van der Waals surface area (Å²) in [4.78, 5) is 4.22. The maximum absolute atomic E-state index is 5.31. The van der Waals surface area contributed by atoms with Gasteiger partial charge < -0.3 is 15.4 Å². The van der Waals surface area contributed by atoms with Crippen molar-refractivity contribution >= 4 is 29.9 Å². The molecule has 0 aliphatic heterocycles. The van der Waals surface area contributed by atoms with Gasteiger partial charge in [-0.3, -0.25) is 4.99 Å². The van der Waals surface area contributed by atoms with Crippen LogP contribution < -0.4 is 10.6 Å². The van der Waals surface area contributed by atoms with E-state index in [9.17, 15) is 0 Å². The molecule has 0 aromatic heterocycles. The quantitative estimate of drug-likeness (QED) is 0.288. The van der Waals surface area contributed by atoms with Crippen LogP contribution in [0.2, 0.25) is 0 Å². The molecule has 0 spiro atoms. The molecule has 2 N–H and O–H groups in total. The topological polar surface area (TPSA) is 45.6 Å². The van der Waals surface area contributed by atoms with Crippen LogP contribution in [0, 0.1) is 0 Å². The standard InChI is InChI=1S/C16H27N3O.HI/c1-3-20-14-8-7-12-18-16(17-2)19-13-11-15-9-5-4-6-10-15;/h4-6,9-10H,3,7-8,11-14H2,1-2H3,(H2,17,18,19);1H. The zero-order valence-corrected chi connectivity index (χ0v) is 15.4. The maximum atomic E-state index is 5.31. The molecule has 0 fully saturated rings. The lowest BCUT2D eigenvalue weighted by Crippen LogP contribution is -2.38. The van der Waals surface area contributed by atoms with Crippen molar-refractivity contribution in [1.82, 2.24) is 10.6 Å². The molecule has 0 heterocycles. The summed E-state index contributed by atoms with van der Waals surface area (Å²) in [5.41, 5.74) is 1.34. The first-order valence-corrected chi connectivity index (χ1v) is 7.43. The summed E-state index contributed by atoms with van der Waals surface area (Å²) in [5, 5.41) is 6.64. The van der Waals surface area contributed by atoms with E-state index in [1.54, 1.807) is 7.05 Å². The van der Waals surface area contributed by atoms with E-state index in [2.05, 4.69) is 39.9 Å². The number of nitrogens with one attached hydrogen (secondary N) is 2. The molecular weight excluding hydrogens is 377 g/mol. The van der Waals surface area contributed by atoms with Gasteiger partial charge >= 0.3 is 0 Å². The average molecular weight is 405 g/mol. The van der Waals surface area contributed by atoms with Gasteiger partial charge in [-0.25, -0.2) is 0 Å². The second-order valence-electron chi connectivity index (χ2n) is 4.57. The van der Waals surface area contributed by atoms with E-state index in [-0.39, 0.29) is 24.0 Å². The van der Waals surface area contributed by atoms with Gasteiger partial charge in [0.15, 0.2) is 5.96 Å². The summed E-state index contributed by atoms with van der Waals surface area (Å²) in [6.07, 6.45) is 3.19. The fraction of sp³-hybridized carbons (Fsp3) is 0.562. The summed E-state index contributed by atoms with van der Waals surface area (Å²) in [6, 6.07) is 10.5. The molecule has 5 heteroatoms. The molecule has 21 heavy (non-hydrogen) atoms. The Hall–Kier alpha value is -0.820. The summed E-state index contributed by atoms with van der Waals surface area (Å²) in [7, 11) is 1.80. The van der Waals surface area contributed by atoms with Gasteiger partial charge in [-0.05, 0) is 31.7 Å². The van der Waals surface area contributed by atoms with Crippen LogP contribution in [-0.4, -0.2) is 39.3 Å². The molecule has 1 aromatic rings. The Balaban J connectivity index is 0.00000400. The number of hydrogen-bond donors (Lipinski definition) is 2. The Labute approximate surface area is 145 Å². The predicted molar refractivity (Wildman–Crippen MR) is 101 cm³/mol. The molecule has 0 unspecified atom stereocenters. The Morgan fingerprint density at radius 1 is 1.10 bits per heavy atom. The Morgan fingerprint density at radius 2 is 1.81 bits per heavy atom. The van der Waals surface area contributed by atoms with Crippen LogP contribution in [0.5, 0.6) is 0 Å². The van der Waals surface area contributed by atoms with Gasteiger partial charge in [-0.15, -0.1) is 24.0 Å². The van der Waals surface area contributed by atoms with E-state index in [1.807, 2.05) is 13.0 Å². The first kappa shape index (κ1) is 20.2. The van der Waals surface area contributed by atoms with E-state index in [1.165, 1.54) is 5.56 Å². The van der Waals surface area contributed by atoms with E-state index >= 15 is 0 Å². The summed E-state index contributed by atoms with van der Waals surface area (Å²) < 4.78 is 5.31. The lowest BCUT2D eigenvalue weighted by atomic mass is 10.1. The summed E-state index contributed by atoms with van der Waals surface area (Å²) in [6.45, 7) is 5.49. The second kappa shape index (κ2) is 14.1. The summed E-state index contributed by atoms with van der Waals surface area (Å²) >= 11 is 0. The first-order chi connectivity index (χ1) is 9.86. The minimum atomic E-state index is 0. The highest BCUT2D eigenvalue weighted by molar-refractivity contribution is 14.0. The molecule has 0 aliphatic carbocycles. The average Bonchev–Trinajstić information content (AvgIpc) is 2.50. The number of hydrogen-bond acceptors (Lipinski definition) is 2. The monoisotopic (exact) mass is 405 g/mol. The minimum absolute atomic E-state index is 0. The van der Waals surface area contributed by atoms with Gasteiger partial charge in [0.25, 0.3) is 0 Å². The molecule has 0 aliphatic rings. The highest BCUT2D eigenvalue weighted by Crippen LogP contribution is 1.98. The number of guanidine groups is 1. The molecule has 0 atom stereocenters. The number of rotatable bonds is 9. The smallest absolute Gasteiger partial charge is 0.190 e. The Kier molecular flexibility index (Phi) is 13.6. The van der Waals surface area contributed by atoms with Gasteiger partial charge in [-0.1, -0.05) is 30.3 Å². The van der Waals surface area contributed by atoms with E-state index in [4.69, 9.17) is 4.74 Å². The van der Waals surface area contributed by atoms with Gasteiger partial charge in [-0.2, -0.15) is 0 Å². The molecule has 0 saturated heterocycles. The van der Waals surface area contributed by atoms with Gasteiger partial charge in [0, 0.05) is 33.4 Å². The molecule has 4 nitrogen and oxygen atoms in total. The SMILES string of the molecule is CCOCCCCNC(=NC)NCCc1ccccc1.I. The minimum Gasteiger partial charge on any atom is -0.382 e. The van der Waals surface area contributed by atoms with Crippen molar-refractivity contribution in [2.75, 3.05) is 33.4 Å². The van der Waals surface area contributed by atoms with Crippen molar-refractivity contribution in [2.45, 2.75) is 26.2 Å². The number of benzene rings is 1. The number of ether oxygens (including phenoxy) is 1. The third-order valence-electron chi connectivity index (χ3n) is 2.98. The predicted octanol–water partition coefficient (Wildman–Crippen LogP) is 2.83. The fourth-order valence-electron chi connectivity index (χ4n) is 1.87. The molecular formula is C16H28IN3O. The molecule has 120 valence electrons. The largest absolute Gasteiger partial charge is 0.382 e. The molecule has 0 radical (unpaired) electrons. The van der Waals surface area contributed by atoms with Crippen LogP contribution in [0.25, 0.3) is 0 Å². The lowest BCUT2D eigenvalue weighted by Gasteiger charge is -2.11.